The Morgan fingerprint density at radius 2 is 0.595 bits per heavy atom. The molecule has 0 aromatic rings. The minimum absolute atomic E-state index is 0.0248. The molecule has 6 heteroatoms. The van der Waals surface area contributed by atoms with Crippen LogP contribution in [0.4, 0.5) is 0 Å². The molecule has 0 heterocycles. The molecule has 79 heavy (non-hydrogen) atoms. The van der Waals surface area contributed by atoms with Crippen LogP contribution >= 0.6 is 0 Å². The van der Waals surface area contributed by atoms with Crippen LogP contribution in [0, 0.1) is 0 Å². The minimum atomic E-state index is -0.658. The Bertz CT molecular complexity index is 1190. The van der Waals surface area contributed by atoms with Crippen LogP contribution in [0.25, 0.3) is 0 Å². The SMILES string of the molecule is CCCCCCCCCCCCCCCC(=O)OCCCCCCCCCCCCCCCCCCCC/C=C\CCCCCCCCCCCCCCCCCCCC(=O)NC(CO)C(O)CCCCCCCCCCCC. The molecule has 6 nitrogen and oxygen atoms in total. The smallest absolute Gasteiger partial charge is 0.305 e. The average Bonchev–Trinajstić information content (AvgIpc) is 3.45. The fraction of sp³-hybridized carbons (Fsp3) is 0.945. The molecule has 3 N–H and O–H groups in total. The lowest BCUT2D eigenvalue weighted by molar-refractivity contribution is -0.143. The summed E-state index contributed by atoms with van der Waals surface area (Å²) in [5, 5.41) is 23.2. The summed E-state index contributed by atoms with van der Waals surface area (Å²) in [4.78, 5) is 24.5. The van der Waals surface area contributed by atoms with E-state index in [1.165, 1.54) is 347 Å². The van der Waals surface area contributed by atoms with Crippen LogP contribution < -0.4 is 5.32 Å². The molecule has 0 radical (unpaired) electrons. The Kier molecular flexibility index (Phi) is 67.9. The van der Waals surface area contributed by atoms with Gasteiger partial charge in [-0.05, 0) is 51.4 Å². The molecule has 2 atom stereocenters. The van der Waals surface area contributed by atoms with Crippen LogP contribution in [-0.4, -0.2) is 47.4 Å². The van der Waals surface area contributed by atoms with Crippen LogP contribution in [0.15, 0.2) is 12.2 Å². The third-order valence-electron chi connectivity index (χ3n) is 17.3. The van der Waals surface area contributed by atoms with E-state index in [4.69, 9.17) is 4.74 Å². The number of unbranched alkanes of at least 4 members (excludes halogenated alkanes) is 56. The van der Waals surface area contributed by atoms with Gasteiger partial charge in [-0.3, -0.25) is 9.59 Å². The average molecular weight is 1110 g/mol. The number of ether oxygens (including phenoxy) is 1. The first-order chi connectivity index (χ1) is 39.0. The Labute approximate surface area is 495 Å². The van der Waals surface area contributed by atoms with Crippen molar-refractivity contribution in [1.82, 2.24) is 5.32 Å². The first-order valence-corrected chi connectivity index (χ1v) is 36.4. The van der Waals surface area contributed by atoms with Crippen molar-refractivity contribution in [2.45, 2.75) is 431 Å². The number of carbonyl (C=O) groups is 2. The van der Waals surface area contributed by atoms with Gasteiger partial charge in [0.05, 0.1) is 25.4 Å². The number of hydrogen-bond donors (Lipinski definition) is 3. The van der Waals surface area contributed by atoms with Gasteiger partial charge in [-0.1, -0.05) is 366 Å². The number of esters is 1. The molecule has 1 amide bonds. The standard InChI is InChI=1S/C73H143NO5/c1-3-5-7-9-11-13-15-43-47-51-55-59-63-67-73(78)79-68-64-60-56-52-48-45-42-40-38-36-34-32-30-28-26-24-22-20-18-16-17-19-21-23-25-27-29-31-33-35-37-39-41-44-46-50-54-58-62-66-72(77)74-70(69-75)71(76)65-61-57-53-49-14-12-10-8-6-4-2/h16-17,70-71,75-76H,3-15,18-69H2,1-2H3,(H,74,77)/b17-16-. The Morgan fingerprint density at radius 3 is 0.899 bits per heavy atom. The van der Waals surface area contributed by atoms with Crippen LogP contribution in [0.3, 0.4) is 0 Å². The maximum absolute atomic E-state index is 12.4. The highest BCUT2D eigenvalue weighted by atomic mass is 16.5. The zero-order chi connectivity index (χ0) is 57.1. The second-order valence-corrected chi connectivity index (χ2v) is 25.3. The molecule has 0 aliphatic heterocycles. The van der Waals surface area contributed by atoms with Gasteiger partial charge in [0.25, 0.3) is 0 Å². The van der Waals surface area contributed by atoms with Crippen molar-refractivity contribution in [2.24, 2.45) is 0 Å². The molecule has 0 fully saturated rings. The largest absolute Gasteiger partial charge is 0.466 e. The Hall–Kier alpha value is -1.40. The van der Waals surface area contributed by atoms with E-state index in [1.807, 2.05) is 0 Å². The summed E-state index contributed by atoms with van der Waals surface area (Å²) in [6, 6.07) is -0.535. The number of hydrogen-bond acceptors (Lipinski definition) is 5. The monoisotopic (exact) mass is 1110 g/mol. The van der Waals surface area contributed by atoms with Crippen molar-refractivity contribution in [2.75, 3.05) is 13.2 Å². The highest BCUT2D eigenvalue weighted by Crippen LogP contribution is 2.19. The number of amides is 1. The zero-order valence-corrected chi connectivity index (χ0v) is 53.9. The third-order valence-corrected chi connectivity index (χ3v) is 17.3. The second-order valence-electron chi connectivity index (χ2n) is 25.3. The molecule has 0 aromatic carbocycles. The van der Waals surface area contributed by atoms with Gasteiger partial charge in [-0.15, -0.1) is 0 Å². The van der Waals surface area contributed by atoms with Crippen molar-refractivity contribution < 1.29 is 24.5 Å². The molecule has 0 rings (SSSR count). The van der Waals surface area contributed by atoms with E-state index in [-0.39, 0.29) is 18.5 Å². The summed E-state index contributed by atoms with van der Waals surface area (Å²) in [6.07, 6.45) is 85.9. The lowest BCUT2D eigenvalue weighted by atomic mass is 10.0. The predicted molar refractivity (Wildman–Crippen MR) is 347 cm³/mol. The van der Waals surface area contributed by atoms with E-state index in [1.54, 1.807) is 0 Å². The summed E-state index contributed by atoms with van der Waals surface area (Å²) in [7, 11) is 0. The highest BCUT2D eigenvalue weighted by molar-refractivity contribution is 5.76. The lowest BCUT2D eigenvalue weighted by Gasteiger charge is -2.22. The quantitative estimate of drug-likeness (QED) is 0.0320. The third kappa shape index (κ3) is 65.6. The lowest BCUT2D eigenvalue weighted by Crippen LogP contribution is -2.45. The molecule has 0 saturated heterocycles. The van der Waals surface area contributed by atoms with Gasteiger partial charge in [0.1, 0.15) is 0 Å². The van der Waals surface area contributed by atoms with Crippen LogP contribution in [0.5, 0.6) is 0 Å². The molecule has 0 bridgehead atoms. The molecular formula is C73H143NO5. The zero-order valence-electron chi connectivity index (χ0n) is 53.9. The van der Waals surface area contributed by atoms with E-state index in [0.29, 0.717) is 25.9 Å². The first kappa shape index (κ1) is 77.6. The van der Waals surface area contributed by atoms with Gasteiger partial charge < -0.3 is 20.3 Å². The second kappa shape index (κ2) is 69.1. The van der Waals surface area contributed by atoms with E-state index >= 15 is 0 Å². The summed E-state index contributed by atoms with van der Waals surface area (Å²) in [5.74, 6) is -0.00521. The van der Waals surface area contributed by atoms with Gasteiger partial charge in [0, 0.05) is 12.8 Å². The maximum atomic E-state index is 12.4. The Morgan fingerprint density at radius 1 is 0.342 bits per heavy atom. The molecule has 0 aromatic heterocycles. The van der Waals surface area contributed by atoms with Gasteiger partial charge >= 0.3 is 5.97 Å². The van der Waals surface area contributed by atoms with Crippen molar-refractivity contribution in [3.63, 3.8) is 0 Å². The summed E-state index contributed by atoms with van der Waals surface area (Å²) >= 11 is 0. The van der Waals surface area contributed by atoms with Crippen LogP contribution in [0.2, 0.25) is 0 Å². The van der Waals surface area contributed by atoms with Crippen molar-refractivity contribution in [3.05, 3.63) is 12.2 Å². The van der Waals surface area contributed by atoms with Gasteiger partial charge in [-0.25, -0.2) is 0 Å². The molecule has 0 aliphatic rings. The van der Waals surface area contributed by atoms with Gasteiger partial charge in [-0.2, -0.15) is 0 Å². The predicted octanol–water partition coefficient (Wildman–Crippen LogP) is 23.5. The molecule has 2 unspecified atom stereocenters. The minimum Gasteiger partial charge on any atom is -0.466 e. The topological polar surface area (TPSA) is 95.9 Å². The molecule has 0 saturated carbocycles. The van der Waals surface area contributed by atoms with E-state index in [9.17, 15) is 19.8 Å². The highest BCUT2D eigenvalue weighted by Gasteiger charge is 2.20. The van der Waals surface area contributed by atoms with E-state index < -0.39 is 12.1 Å². The number of aliphatic hydroxyl groups is 2. The number of allylic oxidation sites excluding steroid dienone is 2. The Balaban J connectivity index is 3.28. The van der Waals surface area contributed by atoms with Crippen molar-refractivity contribution in [3.8, 4) is 0 Å². The molecular weight excluding hydrogens is 971 g/mol. The van der Waals surface area contributed by atoms with Crippen LogP contribution in [0.1, 0.15) is 418 Å². The molecule has 0 aliphatic carbocycles. The van der Waals surface area contributed by atoms with Gasteiger partial charge in [0.2, 0.25) is 5.91 Å². The number of rotatable bonds is 69. The normalized spacial score (nSPS) is 12.5. The number of nitrogens with one attached hydrogen (secondary N) is 1. The summed E-state index contributed by atoms with van der Waals surface area (Å²) in [5.41, 5.74) is 0. The van der Waals surface area contributed by atoms with Gasteiger partial charge in [0.15, 0.2) is 0 Å². The van der Waals surface area contributed by atoms with E-state index in [0.717, 1.165) is 38.5 Å². The van der Waals surface area contributed by atoms with Crippen molar-refractivity contribution in [1.29, 1.82) is 0 Å². The van der Waals surface area contributed by atoms with E-state index in [2.05, 4.69) is 31.3 Å². The molecule has 470 valence electrons. The van der Waals surface area contributed by atoms with Crippen LogP contribution in [-0.2, 0) is 14.3 Å². The van der Waals surface area contributed by atoms with Crippen molar-refractivity contribution >= 4 is 11.9 Å². The summed E-state index contributed by atoms with van der Waals surface area (Å²) in [6.45, 7) is 4.98. The fourth-order valence-corrected chi connectivity index (χ4v) is 11.8. The number of aliphatic hydroxyl groups excluding tert-OH is 2. The maximum Gasteiger partial charge on any atom is 0.305 e. The molecule has 0 spiro atoms. The summed E-state index contributed by atoms with van der Waals surface area (Å²) < 4.78 is 5.49. The first-order valence-electron chi connectivity index (χ1n) is 36.4. The fourth-order valence-electron chi connectivity index (χ4n) is 11.8. The number of carbonyl (C=O) groups excluding carboxylic acids is 2.